The van der Waals surface area contributed by atoms with Crippen molar-refractivity contribution in [2.75, 3.05) is 44.4 Å². The van der Waals surface area contributed by atoms with Crippen LogP contribution in [0.5, 0.6) is 0 Å². The summed E-state index contributed by atoms with van der Waals surface area (Å²) < 4.78 is 59.7. The van der Waals surface area contributed by atoms with Gasteiger partial charge in [0.1, 0.15) is 0 Å². The van der Waals surface area contributed by atoms with Crippen LogP contribution in [0.3, 0.4) is 0 Å². The van der Waals surface area contributed by atoms with Crippen molar-refractivity contribution in [1.29, 1.82) is 0 Å². The minimum absolute atomic E-state index is 0.00223. The highest BCUT2D eigenvalue weighted by Gasteiger charge is 2.30. The van der Waals surface area contributed by atoms with Gasteiger partial charge in [-0.1, -0.05) is 11.6 Å². The molecule has 1 aromatic rings. The van der Waals surface area contributed by atoms with Crippen LogP contribution in [0.4, 0.5) is 0 Å². The Labute approximate surface area is 179 Å². The Bertz CT molecular complexity index is 1040. The highest BCUT2D eigenvalue weighted by atomic mass is 35.5. The summed E-state index contributed by atoms with van der Waals surface area (Å²) in [5, 5.41) is 2.47. The Hall–Kier alpha value is -1.73. The van der Waals surface area contributed by atoms with E-state index in [9.17, 15) is 26.4 Å². The number of morpholine rings is 1. The van der Waals surface area contributed by atoms with Gasteiger partial charge >= 0.3 is 5.97 Å². The first-order valence-corrected chi connectivity index (χ1v) is 12.8. The standard InChI is InChI=1S/C17H21ClN2O8S2/c18-15-2-1-13(30(25,26)20-4-6-27-7-5-20)9-14(15)17(22)28-10-16(21)19-12-3-8-29(23,24)11-12/h1-2,9,12H,3-8,10-11H2,(H,19,21). The minimum Gasteiger partial charge on any atom is -0.452 e. The molecule has 166 valence electrons. The van der Waals surface area contributed by atoms with E-state index < -0.39 is 44.4 Å². The summed E-state index contributed by atoms with van der Waals surface area (Å²) in [6.07, 6.45) is 0.301. The second-order valence-corrected chi connectivity index (χ2v) is 11.5. The summed E-state index contributed by atoms with van der Waals surface area (Å²) in [4.78, 5) is 24.2. The molecule has 1 atom stereocenters. The Morgan fingerprint density at radius 2 is 1.97 bits per heavy atom. The van der Waals surface area contributed by atoms with E-state index in [-0.39, 0.29) is 53.3 Å². The second-order valence-electron chi connectivity index (χ2n) is 6.90. The first-order valence-electron chi connectivity index (χ1n) is 9.13. The van der Waals surface area contributed by atoms with Gasteiger partial charge in [-0.05, 0) is 24.6 Å². The molecule has 10 nitrogen and oxygen atoms in total. The third kappa shape index (κ3) is 5.49. The van der Waals surface area contributed by atoms with Gasteiger partial charge in [-0.15, -0.1) is 0 Å². The van der Waals surface area contributed by atoms with Crippen molar-refractivity contribution in [3.8, 4) is 0 Å². The summed E-state index contributed by atoms with van der Waals surface area (Å²) in [5.74, 6) is -1.77. The Kier molecular flexibility index (Phi) is 7.02. The molecule has 2 saturated heterocycles. The summed E-state index contributed by atoms with van der Waals surface area (Å²) in [6, 6.07) is 3.15. The zero-order valence-corrected chi connectivity index (χ0v) is 18.3. The van der Waals surface area contributed by atoms with E-state index in [0.29, 0.717) is 6.42 Å². The van der Waals surface area contributed by atoms with Crippen LogP contribution in [0.1, 0.15) is 16.8 Å². The molecule has 1 N–H and O–H groups in total. The van der Waals surface area contributed by atoms with Crippen LogP contribution in [0, 0.1) is 0 Å². The van der Waals surface area contributed by atoms with Crippen LogP contribution in [-0.2, 0) is 34.1 Å². The lowest BCUT2D eigenvalue weighted by molar-refractivity contribution is -0.124. The molecule has 0 radical (unpaired) electrons. The number of sulfone groups is 1. The number of esters is 1. The van der Waals surface area contributed by atoms with Gasteiger partial charge in [-0.25, -0.2) is 21.6 Å². The normalized spacial score (nSPS) is 21.8. The summed E-state index contributed by atoms with van der Waals surface area (Å²) in [5.41, 5.74) is -0.192. The fourth-order valence-corrected chi connectivity index (χ4v) is 6.45. The van der Waals surface area contributed by atoms with Gasteiger partial charge in [-0.3, -0.25) is 4.79 Å². The molecule has 0 saturated carbocycles. The van der Waals surface area contributed by atoms with Crippen LogP contribution in [0.2, 0.25) is 5.02 Å². The molecular weight excluding hydrogens is 460 g/mol. The van der Waals surface area contributed by atoms with Crippen molar-refractivity contribution in [2.24, 2.45) is 0 Å². The maximum absolute atomic E-state index is 12.7. The summed E-state index contributed by atoms with van der Waals surface area (Å²) in [6.45, 7) is 0.300. The molecule has 30 heavy (non-hydrogen) atoms. The number of nitrogens with one attached hydrogen (secondary N) is 1. The molecule has 1 unspecified atom stereocenters. The van der Waals surface area contributed by atoms with Gasteiger partial charge in [0, 0.05) is 19.1 Å². The fourth-order valence-electron chi connectivity index (χ4n) is 3.14. The predicted molar refractivity (Wildman–Crippen MR) is 107 cm³/mol. The lowest BCUT2D eigenvalue weighted by Crippen LogP contribution is -2.40. The third-order valence-corrected chi connectivity index (χ3v) is 8.69. The number of carbonyl (C=O) groups excluding carboxylic acids is 2. The second kappa shape index (κ2) is 9.18. The summed E-state index contributed by atoms with van der Waals surface area (Å²) in [7, 11) is -7.00. The van der Waals surface area contributed by atoms with Crippen molar-refractivity contribution in [1.82, 2.24) is 9.62 Å². The van der Waals surface area contributed by atoms with Gasteiger partial charge in [0.25, 0.3) is 5.91 Å². The van der Waals surface area contributed by atoms with E-state index in [1.165, 1.54) is 16.4 Å². The molecule has 0 aliphatic carbocycles. The average molecular weight is 481 g/mol. The van der Waals surface area contributed by atoms with Crippen LogP contribution in [0.15, 0.2) is 23.1 Å². The van der Waals surface area contributed by atoms with E-state index >= 15 is 0 Å². The number of hydrogen-bond donors (Lipinski definition) is 1. The van der Waals surface area contributed by atoms with Crippen LogP contribution >= 0.6 is 11.6 Å². The number of benzene rings is 1. The molecule has 0 aromatic heterocycles. The number of sulfonamides is 1. The minimum atomic E-state index is -3.84. The van der Waals surface area contributed by atoms with Crippen molar-refractivity contribution in [3.05, 3.63) is 28.8 Å². The van der Waals surface area contributed by atoms with Gasteiger partial charge in [0.15, 0.2) is 16.4 Å². The molecule has 2 aliphatic rings. The molecule has 0 spiro atoms. The van der Waals surface area contributed by atoms with E-state index in [0.717, 1.165) is 6.07 Å². The Morgan fingerprint density at radius 1 is 1.27 bits per heavy atom. The zero-order chi connectivity index (χ0) is 21.9. The summed E-state index contributed by atoms with van der Waals surface area (Å²) >= 11 is 6.01. The molecule has 3 rings (SSSR count). The molecule has 0 bridgehead atoms. The van der Waals surface area contributed by atoms with Crippen molar-refractivity contribution >= 4 is 43.3 Å². The van der Waals surface area contributed by atoms with Crippen LogP contribution in [-0.4, -0.2) is 83.5 Å². The number of carbonyl (C=O) groups is 2. The SMILES string of the molecule is O=C(COC(=O)c1cc(S(=O)(=O)N2CCOCC2)ccc1Cl)NC1CCS(=O)(=O)C1. The number of hydrogen-bond acceptors (Lipinski definition) is 8. The first-order chi connectivity index (χ1) is 14.1. The largest absolute Gasteiger partial charge is 0.452 e. The smallest absolute Gasteiger partial charge is 0.340 e. The number of amides is 1. The molecule has 1 aromatic carbocycles. The third-order valence-electron chi connectivity index (χ3n) is 4.70. The van der Waals surface area contributed by atoms with Gasteiger partial charge in [0.2, 0.25) is 10.0 Å². The Morgan fingerprint density at radius 3 is 2.60 bits per heavy atom. The predicted octanol–water partition coefficient (Wildman–Crippen LogP) is -0.179. The topological polar surface area (TPSA) is 136 Å². The maximum Gasteiger partial charge on any atom is 0.340 e. The molecule has 13 heteroatoms. The average Bonchev–Trinajstić information content (AvgIpc) is 3.05. The molecule has 1 amide bonds. The number of halogens is 1. The molecule has 2 heterocycles. The van der Waals surface area contributed by atoms with E-state index in [1.54, 1.807) is 0 Å². The van der Waals surface area contributed by atoms with Crippen LogP contribution in [0.25, 0.3) is 0 Å². The van der Waals surface area contributed by atoms with Crippen molar-refractivity contribution in [3.63, 3.8) is 0 Å². The number of ether oxygens (including phenoxy) is 2. The monoisotopic (exact) mass is 480 g/mol. The highest BCUT2D eigenvalue weighted by Crippen LogP contribution is 2.24. The molecule has 2 aliphatic heterocycles. The first kappa shape index (κ1) is 22.9. The fraction of sp³-hybridized carbons (Fsp3) is 0.529. The molecule has 2 fully saturated rings. The van der Waals surface area contributed by atoms with Crippen LogP contribution < -0.4 is 5.32 Å². The highest BCUT2D eigenvalue weighted by molar-refractivity contribution is 7.91. The quantitative estimate of drug-likeness (QED) is 0.554. The van der Waals surface area contributed by atoms with Crippen molar-refractivity contribution in [2.45, 2.75) is 17.4 Å². The molecular formula is C17H21ClN2O8S2. The maximum atomic E-state index is 12.7. The lowest BCUT2D eigenvalue weighted by Gasteiger charge is -2.26. The number of rotatable bonds is 6. The van der Waals surface area contributed by atoms with Crippen molar-refractivity contribution < 1.29 is 35.9 Å². The van der Waals surface area contributed by atoms with Gasteiger partial charge < -0.3 is 14.8 Å². The Balaban J connectivity index is 1.64. The van der Waals surface area contributed by atoms with Gasteiger partial charge in [0.05, 0.1) is 40.2 Å². The lowest BCUT2D eigenvalue weighted by atomic mass is 10.2. The van der Waals surface area contributed by atoms with E-state index in [2.05, 4.69) is 5.32 Å². The van der Waals surface area contributed by atoms with E-state index in [1.807, 2.05) is 0 Å². The zero-order valence-electron chi connectivity index (χ0n) is 15.9. The number of nitrogens with zero attached hydrogens (tertiary/aromatic N) is 1. The van der Waals surface area contributed by atoms with Gasteiger partial charge in [-0.2, -0.15) is 4.31 Å². The van der Waals surface area contributed by atoms with E-state index in [4.69, 9.17) is 21.1 Å².